The van der Waals surface area contributed by atoms with E-state index in [9.17, 15) is 14.4 Å². The second-order valence-corrected chi connectivity index (χ2v) is 6.59. The molecule has 0 aliphatic carbocycles. The van der Waals surface area contributed by atoms with Crippen LogP contribution < -0.4 is 15.8 Å². The number of halogens is 1. The number of benzene rings is 2. The van der Waals surface area contributed by atoms with Crippen molar-refractivity contribution in [1.82, 2.24) is 10.9 Å². The molecule has 0 heterocycles. The van der Waals surface area contributed by atoms with Gasteiger partial charge in [-0.3, -0.25) is 20.4 Å². The molecule has 0 atom stereocenters. The van der Waals surface area contributed by atoms with Gasteiger partial charge in [0.25, 0.3) is 11.8 Å². The number of carbonyl (C=O) groups is 3. The molecule has 0 bridgehead atoms. The molecule has 2 rings (SSSR count). The third-order valence-electron chi connectivity index (χ3n) is 4.22. The Bertz CT molecular complexity index is 909. The van der Waals surface area contributed by atoms with Crippen LogP contribution in [0.25, 0.3) is 6.08 Å². The van der Waals surface area contributed by atoms with Gasteiger partial charge in [0, 0.05) is 35.4 Å². The van der Waals surface area contributed by atoms with E-state index in [-0.39, 0.29) is 0 Å². The fourth-order valence-electron chi connectivity index (χ4n) is 2.60. The highest BCUT2D eigenvalue weighted by atomic mass is 35.5. The quantitative estimate of drug-likeness (QED) is 0.382. The van der Waals surface area contributed by atoms with Crippen LogP contribution in [-0.4, -0.2) is 37.5 Å². The number of amides is 2. The number of nitrogens with one attached hydrogen (secondary N) is 2. The number of esters is 1. The Balaban J connectivity index is 1.76. The Kier molecular flexibility index (Phi) is 8.90. The van der Waals surface area contributed by atoms with Gasteiger partial charge in [-0.1, -0.05) is 29.8 Å². The van der Waals surface area contributed by atoms with Gasteiger partial charge in [-0.15, -0.1) is 0 Å². The molecule has 0 spiro atoms. The summed E-state index contributed by atoms with van der Waals surface area (Å²) in [4.78, 5) is 37.8. The largest absolute Gasteiger partial charge is 0.452 e. The van der Waals surface area contributed by atoms with Crippen molar-refractivity contribution in [1.29, 1.82) is 0 Å². The van der Waals surface area contributed by atoms with Crippen LogP contribution in [0.1, 0.15) is 29.8 Å². The lowest BCUT2D eigenvalue weighted by atomic mass is 10.2. The summed E-state index contributed by atoms with van der Waals surface area (Å²) in [7, 11) is 0. The van der Waals surface area contributed by atoms with Gasteiger partial charge < -0.3 is 9.64 Å². The normalized spacial score (nSPS) is 10.5. The van der Waals surface area contributed by atoms with Crippen molar-refractivity contribution >= 4 is 41.1 Å². The molecule has 30 heavy (non-hydrogen) atoms. The van der Waals surface area contributed by atoms with E-state index in [0.29, 0.717) is 16.1 Å². The summed E-state index contributed by atoms with van der Waals surface area (Å²) < 4.78 is 4.83. The van der Waals surface area contributed by atoms with Gasteiger partial charge in [-0.2, -0.15) is 0 Å². The molecule has 0 aliphatic heterocycles. The van der Waals surface area contributed by atoms with Crippen LogP contribution >= 0.6 is 11.6 Å². The van der Waals surface area contributed by atoms with E-state index in [1.165, 1.54) is 12.2 Å². The molecule has 158 valence electrons. The van der Waals surface area contributed by atoms with Crippen LogP contribution in [0.4, 0.5) is 5.69 Å². The standard InChI is InChI=1S/C22H24ClN3O4/c1-3-26(4-2)18-12-9-17(10-13-18)22(29)25-24-20(27)15-30-21(28)14-11-16-7-5-6-8-19(16)23/h5-14H,3-4,15H2,1-2H3,(H,24,27)(H,25,29)/b14-11+. The Labute approximate surface area is 180 Å². The van der Waals surface area contributed by atoms with Crippen molar-refractivity contribution in [3.8, 4) is 0 Å². The lowest BCUT2D eigenvalue weighted by molar-refractivity contribution is -0.144. The van der Waals surface area contributed by atoms with Gasteiger partial charge in [0.15, 0.2) is 6.61 Å². The predicted octanol–water partition coefficient (Wildman–Crippen LogP) is 3.20. The number of carbonyl (C=O) groups excluding carboxylic acids is 3. The maximum absolute atomic E-state index is 12.1. The predicted molar refractivity (Wildman–Crippen MR) is 117 cm³/mol. The molecule has 0 saturated carbocycles. The van der Waals surface area contributed by atoms with E-state index < -0.39 is 24.4 Å². The van der Waals surface area contributed by atoms with E-state index in [4.69, 9.17) is 16.3 Å². The van der Waals surface area contributed by atoms with Crippen LogP contribution in [0.5, 0.6) is 0 Å². The molecule has 2 N–H and O–H groups in total. The molecule has 0 aliphatic rings. The van der Waals surface area contributed by atoms with Crippen LogP contribution in [0.2, 0.25) is 5.02 Å². The molecule has 0 aromatic heterocycles. The minimum atomic E-state index is -0.705. The minimum absolute atomic E-state index is 0.394. The smallest absolute Gasteiger partial charge is 0.331 e. The Morgan fingerprint density at radius 3 is 2.30 bits per heavy atom. The summed E-state index contributed by atoms with van der Waals surface area (Å²) >= 11 is 5.99. The summed E-state index contributed by atoms with van der Waals surface area (Å²) in [5.41, 5.74) is 6.55. The number of hydrogen-bond acceptors (Lipinski definition) is 5. The number of rotatable bonds is 8. The Morgan fingerprint density at radius 1 is 1.00 bits per heavy atom. The summed E-state index contributed by atoms with van der Waals surface area (Å²) in [6, 6.07) is 14.0. The third-order valence-corrected chi connectivity index (χ3v) is 4.57. The first-order chi connectivity index (χ1) is 14.4. The van der Waals surface area contributed by atoms with E-state index in [0.717, 1.165) is 18.8 Å². The lowest BCUT2D eigenvalue weighted by Crippen LogP contribution is -2.43. The molecule has 0 saturated heterocycles. The van der Waals surface area contributed by atoms with Crippen LogP contribution in [0.15, 0.2) is 54.6 Å². The molecule has 0 radical (unpaired) electrons. The van der Waals surface area contributed by atoms with E-state index in [2.05, 4.69) is 29.6 Å². The van der Waals surface area contributed by atoms with Crippen LogP contribution in [-0.2, 0) is 14.3 Å². The van der Waals surface area contributed by atoms with Gasteiger partial charge in [0.2, 0.25) is 0 Å². The molecule has 2 aromatic carbocycles. The number of anilines is 1. The summed E-state index contributed by atoms with van der Waals surface area (Å²) in [5, 5.41) is 0.493. The maximum atomic E-state index is 12.1. The van der Waals surface area contributed by atoms with Gasteiger partial charge in [0.1, 0.15) is 0 Å². The topological polar surface area (TPSA) is 87.7 Å². The zero-order valence-electron chi connectivity index (χ0n) is 16.9. The van der Waals surface area contributed by atoms with Crippen LogP contribution in [0, 0.1) is 0 Å². The molecule has 2 amide bonds. The number of nitrogens with zero attached hydrogens (tertiary/aromatic N) is 1. The summed E-state index contributed by atoms with van der Waals surface area (Å²) in [6.07, 6.45) is 2.66. The SMILES string of the molecule is CCN(CC)c1ccc(C(=O)NNC(=O)COC(=O)/C=C/c2ccccc2Cl)cc1. The van der Waals surface area contributed by atoms with E-state index >= 15 is 0 Å². The maximum Gasteiger partial charge on any atom is 0.331 e. The molecule has 8 heteroatoms. The van der Waals surface area contributed by atoms with Crippen molar-refractivity contribution in [3.05, 3.63) is 70.8 Å². The monoisotopic (exact) mass is 429 g/mol. The highest BCUT2D eigenvalue weighted by molar-refractivity contribution is 6.32. The van der Waals surface area contributed by atoms with Crippen LogP contribution in [0.3, 0.4) is 0 Å². The van der Waals surface area contributed by atoms with Gasteiger partial charge in [-0.05, 0) is 55.8 Å². The van der Waals surface area contributed by atoms with Crippen molar-refractivity contribution in [2.45, 2.75) is 13.8 Å². The zero-order chi connectivity index (χ0) is 21.9. The highest BCUT2D eigenvalue weighted by Crippen LogP contribution is 2.16. The Hall–Kier alpha value is -3.32. The van der Waals surface area contributed by atoms with Crippen molar-refractivity contribution < 1.29 is 19.1 Å². The van der Waals surface area contributed by atoms with Crippen molar-refractivity contribution in [2.24, 2.45) is 0 Å². The lowest BCUT2D eigenvalue weighted by Gasteiger charge is -2.21. The third kappa shape index (κ3) is 6.93. The fraction of sp³-hybridized carbons (Fsp3) is 0.227. The molecule has 0 unspecified atom stereocenters. The molecule has 7 nitrogen and oxygen atoms in total. The first kappa shape index (κ1) is 23.0. The van der Waals surface area contributed by atoms with Gasteiger partial charge >= 0.3 is 5.97 Å². The number of ether oxygens (including phenoxy) is 1. The summed E-state index contributed by atoms with van der Waals surface area (Å²) in [6.45, 7) is 5.31. The second kappa shape index (κ2) is 11.6. The fourth-order valence-corrected chi connectivity index (χ4v) is 2.80. The summed E-state index contributed by atoms with van der Waals surface area (Å²) in [5.74, 6) is -1.84. The molecule has 2 aromatic rings. The molecule has 0 fully saturated rings. The highest BCUT2D eigenvalue weighted by Gasteiger charge is 2.10. The molecular weight excluding hydrogens is 406 g/mol. The first-order valence-electron chi connectivity index (χ1n) is 9.48. The minimum Gasteiger partial charge on any atom is -0.452 e. The second-order valence-electron chi connectivity index (χ2n) is 6.18. The first-order valence-corrected chi connectivity index (χ1v) is 9.86. The van der Waals surface area contributed by atoms with E-state index in [1.54, 1.807) is 36.4 Å². The van der Waals surface area contributed by atoms with E-state index in [1.807, 2.05) is 12.1 Å². The van der Waals surface area contributed by atoms with Gasteiger partial charge in [0.05, 0.1) is 0 Å². The average molecular weight is 430 g/mol. The number of hydrazine groups is 1. The van der Waals surface area contributed by atoms with Crippen molar-refractivity contribution in [2.75, 3.05) is 24.6 Å². The molecular formula is C22H24ClN3O4. The number of hydrogen-bond donors (Lipinski definition) is 2. The Morgan fingerprint density at radius 2 is 1.67 bits per heavy atom. The van der Waals surface area contributed by atoms with Gasteiger partial charge in [-0.25, -0.2) is 4.79 Å². The van der Waals surface area contributed by atoms with Crippen molar-refractivity contribution in [3.63, 3.8) is 0 Å². The average Bonchev–Trinajstić information content (AvgIpc) is 2.76. The zero-order valence-corrected chi connectivity index (χ0v) is 17.6.